The Hall–Kier alpha value is -2.12. The molecule has 7 nitrogen and oxygen atoms in total. The number of hydrogen-bond acceptors (Lipinski definition) is 6. The molecule has 1 fully saturated rings. The Morgan fingerprint density at radius 1 is 1.23 bits per heavy atom. The van der Waals surface area contributed by atoms with E-state index in [4.69, 9.17) is 24.9 Å². The molecule has 7 heteroatoms. The summed E-state index contributed by atoms with van der Waals surface area (Å²) in [6.07, 6.45) is 2.98. The number of aryl methyl sites for hydroxylation is 1. The Kier molecular flexibility index (Phi) is 6.11. The van der Waals surface area contributed by atoms with Crippen molar-refractivity contribution in [3.63, 3.8) is 0 Å². The molecular weight excluding hydrogens is 332 g/mol. The van der Waals surface area contributed by atoms with E-state index in [-0.39, 0.29) is 12.1 Å². The summed E-state index contributed by atoms with van der Waals surface area (Å²) in [5.41, 5.74) is 6.26. The fraction of sp³-hybridized carbons (Fsp3) is 0.579. The highest BCUT2D eigenvalue weighted by Gasteiger charge is 2.31. The standard InChI is InChI=1S/C19H28N4O3/c1-4-23-19(13-8-9-17(25-3)16(20)10-13)21-18(22-23)12-26-15-7-5-6-14(11-15)24-2/h5-7,11,13,16-17H,4,8-10,12,20H2,1-3H3/t13-,16+,17+/m0/s1. The highest BCUT2D eigenvalue weighted by Crippen LogP contribution is 2.32. The predicted molar refractivity (Wildman–Crippen MR) is 98.4 cm³/mol. The minimum atomic E-state index is 0.0391. The van der Waals surface area contributed by atoms with E-state index in [1.807, 2.05) is 28.9 Å². The van der Waals surface area contributed by atoms with Crippen LogP contribution in [0.1, 0.15) is 43.8 Å². The average molecular weight is 360 g/mol. The normalized spacial score (nSPS) is 23.0. The predicted octanol–water partition coefficient (Wildman–Crippen LogP) is 2.50. The maximum Gasteiger partial charge on any atom is 0.188 e. The second-order valence-electron chi connectivity index (χ2n) is 6.62. The van der Waals surface area contributed by atoms with Gasteiger partial charge >= 0.3 is 0 Å². The van der Waals surface area contributed by atoms with Crippen LogP contribution in [0.4, 0.5) is 0 Å². The number of nitrogens with zero attached hydrogens (tertiary/aromatic N) is 3. The van der Waals surface area contributed by atoms with Gasteiger partial charge < -0.3 is 19.9 Å². The molecule has 0 aliphatic heterocycles. The van der Waals surface area contributed by atoms with Crippen molar-refractivity contribution >= 4 is 0 Å². The van der Waals surface area contributed by atoms with E-state index in [0.717, 1.165) is 43.1 Å². The van der Waals surface area contributed by atoms with Gasteiger partial charge in [-0.25, -0.2) is 9.67 Å². The summed E-state index contributed by atoms with van der Waals surface area (Å²) in [4.78, 5) is 4.75. The zero-order valence-corrected chi connectivity index (χ0v) is 15.7. The SMILES string of the molecule is CCn1nc(COc2cccc(OC)c2)nc1[C@H]1CC[C@@H](OC)[C@H](N)C1. The third-order valence-corrected chi connectivity index (χ3v) is 4.95. The van der Waals surface area contributed by atoms with Crippen molar-refractivity contribution in [3.05, 3.63) is 35.9 Å². The van der Waals surface area contributed by atoms with Crippen molar-refractivity contribution in [3.8, 4) is 11.5 Å². The molecule has 0 bridgehead atoms. The molecule has 3 rings (SSSR count). The van der Waals surface area contributed by atoms with E-state index in [9.17, 15) is 0 Å². The van der Waals surface area contributed by atoms with Crippen molar-refractivity contribution in [1.82, 2.24) is 14.8 Å². The van der Waals surface area contributed by atoms with Gasteiger partial charge in [0.25, 0.3) is 0 Å². The van der Waals surface area contributed by atoms with Crippen LogP contribution in [0.5, 0.6) is 11.5 Å². The van der Waals surface area contributed by atoms with E-state index < -0.39 is 0 Å². The van der Waals surface area contributed by atoms with Crippen molar-refractivity contribution in [2.24, 2.45) is 5.73 Å². The number of aromatic nitrogens is 3. The summed E-state index contributed by atoms with van der Waals surface area (Å²) in [5, 5.41) is 4.60. The largest absolute Gasteiger partial charge is 0.497 e. The Balaban J connectivity index is 1.68. The highest BCUT2D eigenvalue weighted by atomic mass is 16.5. The van der Waals surface area contributed by atoms with Gasteiger partial charge in [0.1, 0.15) is 23.9 Å². The monoisotopic (exact) mass is 360 g/mol. The number of ether oxygens (including phenoxy) is 3. The molecule has 1 aromatic carbocycles. The Bertz CT molecular complexity index is 719. The molecule has 142 valence electrons. The lowest BCUT2D eigenvalue weighted by Crippen LogP contribution is -2.41. The number of methoxy groups -OCH3 is 2. The third kappa shape index (κ3) is 4.16. The van der Waals surface area contributed by atoms with Crippen molar-refractivity contribution in [2.75, 3.05) is 14.2 Å². The summed E-state index contributed by atoms with van der Waals surface area (Å²) in [7, 11) is 3.37. The summed E-state index contributed by atoms with van der Waals surface area (Å²) in [6.45, 7) is 3.18. The van der Waals surface area contributed by atoms with Gasteiger partial charge in [-0.15, -0.1) is 0 Å². The third-order valence-electron chi connectivity index (χ3n) is 4.95. The molecule has 2 N–H and O–H groups in total. The van der Waals surface area contributed by atoms with Gasteiger partial charge in [0.2, 0.25) is 0 Å². The van der Waals surface area contributed by atoms with Gasteiger partial charge in [-0.05, 0) is 38.3 Å². The molecule has 26 heavy (non-hydrogen) atoms. The van der Waals surface area contributed by atoms with E-state index >= 15 is 0 Å². The van der Waals surface area contributed by atoms with Gasteiger partial charge in [-0.3, -0.25) is 0 Å². The molecule has 0 saturated heterocycles. The smallest absolute Gasteiger partial charge is 0.188 e. The van der Waals surface area contributed by atoms with Crippen LogP contribution in [0.15, 0.2) is 24.3 Å². The molecule has 1 aliphatic rings. The van der Waals surface area contributed by atoms with Crippen LogP contribution in [0, 0.1) is 0 Å². The second-order valence-corrected chi connectivity index (χ2v) is 6.62. The van der Waals surface area contributed by atoms with Crippen LogP contribution in [-0.2, 0) is 17.9 Å². The van der Waals surface area contributed by atoms with Gasteiger partial charge in [0, 0.05) is 31.7 Å². The average Bonchev–Trinajstić information content (AvgIpc) is 3.10. The molecule has 2 aromatic rings. The summed E-state index contributed by atoms with van der Waals surface area (Å²) >= 11 is 0. The lowest BCUT2D eigenvalue weighted by Gasteiger charge is -2.32. The highest BCUT2D eigenvalue weighted by molar-refractivity contribution is 5.32. The topological polar surface area (TPSA) is 84.4 Å². The summed E-state index contributed by atoms with van der Waals surface area (Å²) in [6, 6.07) is 7.56. The second kappa shape index (κ2) is 8.51. The minimum absolute atomic E-state index is 0.0391. The molecule has 1 saturated carbocycles. The molecule has 1 heterocycles. The fourth-order valence-corrected chi connectivity index (χ4v) is 3.54. The number of rotatable bonds is 7. The maximum atomic E-state index is 6.26. The van der Waals surface area contributed by atoms with Gasteiger partial charge in [0.15, 0.2) is 5.82 Å². The van der Waals surface area contributed by atoms with Crippen molar-refractivity contribution < 1.29 is 14.2 Å². The first-order chi connectivity index (χ1) is 12.6. The molecule has 0 radical (unpaired) electrons. The molecule has 1 aromatic heterocycles. The lowest BCUT2D eigenvalue weighted by molar-refractivity contribution is 0.0480. The Morgan fingerprint density at radius 3 is 2.73 bits per heavy atom. The zero-order valence-electron chi connectivity index (χ0n) is 15.7. The molecule has 0 unspecified atom stereocenters. The van der Waals surface area contributed by atoms with Crippen LogP contribution < -0.4 is 15.2 Å². The molecule has 0 amide bonds. The zero-order chi connectivity index (χ0) is 18.5. The Labute approximate surface area is 154 Å². The lowest BCUT2D eigenvalue weighted by atomic mass is 9.83. The van der Waals surface area contributed by atoms with Crippen LogP contribution in [0.25, 0.3) is 0 Å². The van der Waals surface area contributed by atoms with E-state index in [0.29, 0.717) is 18.3 Å². The quantitative estimate of drug-likeness (QED) is 0.817. The Morgan fingerprint density at radius 2 is 2.04 bits per heavy atom. The first kappa shape index (κ1) is 18.7. The molecule has 0 spiro atoms. The van der Waals surface area contributed by atoms with Gasteiger partial charge in [-0.1, -0.05) is 6.07 Å². The summed E-state index contributed by atoms with van der Waals surface area (Å²) in [5.74, 6) is 3.50. The number of nitrogens with two attached hydrogens (primary N) is 1. The fourth-order valence-electron chi connectivity index (χ4n) is 3.54. The minimum Gasteiger partial charge on any atom is -0.497 e. The molecular formula is C19H28N4O3. The van der Waals surface area contributed by atoms with Gasteiger partial charge in [-0.2, -0.15) is 5.10 Å². The number of hydrogen-bond donors (Lipinski definition) is 1. The van der Waals surface area contributed by atoms with E-state index in [1.54, 1.807) is 14.2 Å². The van der Waals surface area contributed by atoms with Gasteiger partial charge in [0.05, 0.1) is 13.2 Å². The van der Waals surface area contributed by atoms with Crippen molar-refractivity contribution in [1.29, 1.82) is 0 Å². The first-order valence-electron chi connectivity index (χ1n) is 9.13. The molecule has 3 atom stereocenters. The maximum absolute atomic E-state index is 6.26. The van der Waals surface area contributed by atoms with E-state index in [2.05, 4.69) is 12.0 Å². The first-order valence-corrected chi connectivity index (χ1v) is 9.13. The van der Waals surface area contributed by atoms with Crippen LogP contribution in [0.2, 0.25) is 0 Å². The van der Waals surface area contributed by atoms with Crippen LogP contribution in [-0.4, -0.2) is 41.1 Å². The summed E-state index contributed by atoms with van der Waals surface area (Å²) < 4.78 is 18.5. The van der Waals surface area contributed by atoms with Crippen LogP contribution >= 0.6 is 0 Å². The van der Waals surface area contributed by atoms with E-state index in [1.165, 1.54) is 0 Å². The molecule has 1 aliphatic carbocycles. The number of benzene rings is 1. The van der Waals surface area contributed by atoms with Crippen LogP contribution in [0.3, 0.4) is 0 Å². The van der Waals surface area contributed by atoms with Crippen molar-refractivity contribution in [2.45, 2.75) is 57.4 Å².